The Labute approximate surface area is 130 Å². The van der Waals surface area contributed by atoms with Gasteiger partial charge >= 0.3 is 0 Å². The zero-order valence-electron chi connectivity index (χ0n) is 12.3. The minimum atomic E-state index is 0.471. The second-order valence-electron chi connectivity index (χ2n) is 5.25. The first kappa shape index (κ1) is 14.2. The highest BCUT2D eigenvalue weighted by atomic mass is 32.2. The van der Waals surface area contributed by atoms with Gasteiger partial charge in [-0.25, -0.2) is 0 Å². The van der Waals surface area contributed by atoms with E-state index >= 15 is 0 Å². The highest BCUT2D eigenvalue weighted by molar-refractivity contribution is 8.14. The van der Waals surface area contributed by atoms with Gasteiger partial charge in [0.2, 0.25) is 0 Å². The highest BCUT2D eigenvalue weighted by Crippen LogP contribution is 2.25. The summed E-state index contributed by atoms with van der Waals surface area (Å²) in [4.78, 5) is 4.72. The molecule has 2 aromatic rings. The molecule has 0 spiro atoms. The number of anilines is 1. The number of para-hydroxylation sites is 1. The van der Waals surface area contributed by atoms with Gasteiger partial charge in [-0.3, -0.25) is 4.99 Å². The number of aliphatic imine (C=N–C) groups is 1. The summed E-state index contributed by atoms with van der Waals surface area (Å²) in [7, 11) is 0. The number of thioether (sulfide) groups is 1. The number of hydrogen-bond acceptors (Lipinski definition) is 3. The van der Waals surface area contributed by atoms with Crippen LogP contribution < -0.4 is 5.32 Å². The van der Waals surface area contributed by atoms with Crippen LogP contribution in [0.4, 0.5) is 5.69 Å². The number of benzene rings is 2. The van der Waals surface area contributed by atoms with E-state index in [-0.39, 0.29) is 0 Å². The molecule has 0 saturated heterocycles. The summed E-state index contributed by atoms with van der Waals surface area (Å²) in [5.74, 6) is 1.10. The number of amidine groups is 1. The fraction of sp³-hybridized carbons (Fsp3) is 0.278. The van der Waals surface area contributed by atoms with E-state index in [0.29, 0.717) is 6.04 Å². The van der Waals surface area contributed by atoms with Crippen molar-refractivity contribution in [3.63, 3.8) is 0 Å². The van der Waals surface area contributed by atoms with Gasteiger partial charge < -0.3 is 5.32 Å². The third kappa shape index (κ3) is 3.67. The maximum atomic E-state index is 4.72. The van der Waals surface area contributed by atoms with Gasteiger partial charge in [0.1, 0.15) is 0 Å². The van der Waals surface area contributed by atoms with Crippen LogP contribution in [0.5, 0.6) is 0 Å². The van der Waals surface area contributed by atoms with Crippen molar-refractivity contribution in [2.75, 3.05) is 11.1 Å². The Hall–Kier alpha value is -1.74. The van der Waals surface area contributed by atoms with Gasteiger partial charge in [0.05, 0.1) is 6.04 Å². The van der Waals surface area contributed by atoms with Gasteiger partial charge in [0, 0.05) is 11.4 Å². The fourth-order valence-electron chi connectivity index (χ4n) is 2.42. The van der Waals surface area contributed by atoms with Crippen LogP contribution >= 0.6 is 11.8 Å². The quantitative estimate of drug-likeness (QED) is 0.893. The molecule has 1 N–H and O–H groups in total. The van der Waals surface area contributed by atoms with Gasteiger partial charge in [-0.15, -0.1) is 0 Å². The van der Waals surface area contributed by atoms with E-state index in [2.05, 4.69) is 66.8 Å². The maximum absolute atomic E-state index is 4.72. The molecule has 0 fully saturated rings. The van der Waals surface area contributed by atoms with Crippen molar-refractivity contribution in [2.24, 2.45) is 4.99 Å². The van der Waals surface area contributed by atoms with Crippen LogP contribution in [0.25, 0.3) is 0 Å². The van der Waals surface area contributed by atoms with E-state index in [1.807, 2.05) is 11.8 Å². The van der Waals surface area contributed by atoms with Crippen molar-refractivity contribution in [2.45, 2.75) is 25.8 Å². The Kier molecular flexibility index (Phi) is 4.61. The minimum absolute atomic E-state index is 0.471. The van der Waals surface area contributed by atoms with Crippen LogP contribution in [0.2, 0.25) is 0 Å². The molecule has 3 rings (SSSR count). The Bertz CT molecular complexity index is 622. The van der Waals surface area contributed by atoms with Gasteiger partial charge in [-0.2, -0.15) is 0 Å². The summed E-state index contributed by atoms with van der Waals surface area (Å²) in [6, 6.07) is 19.6. The van der Waals surface area contributed by atoms with Gasteiger partial charge in [0.25, 0.3) is 0 Å². The molecule has 1 aliphatic rings. The van der Waals surface area contributed by atoms with Crippen molar-refractivity contribution in [3.05, 3.63) is 65.7 Å². The Morgan fingerprint density at radius 3 is 2.62 bits per heavy atom. The molecule has 2 aromatic carbocycles. The second-order valence-corrected chi connectivity index (χ2v) is 6.26. The summed E-state index contributed by atoms with van der Waals surface area (Å²) in [6.45, 7) is 2.20. The van der Waals surface area contributed by atoms with Gasteiger partial charge in [-0.1, -0.05) is 67.2 Å². The average Bonchev–Trinajstić information content (AvgIpc) is 2.98. The molecule has 1 atom stereocenters. The van der Waals surface area contributed by atoms with Crippen LogP contribution in [-0.4, -0.2) is 17.0 Å². The normalized spacial score (nSPS) is 17.6. The molecule has 3 heteroatoms. The van der Waals surface area contributed by atoms with E-state index in [0.717, 1.165) is 23.8 Å². The van der Waals surface area contributed by atoms with Crippen LogP contribution in [0.15, 0.2) is 59.6 Å². The summed E-state index contributed by atoms with van der Waals surface area (Å²) in [5.41, 5.74) is 3.82. The predicted octanol–water partition coefficient (Wildman–Crippen LogP) is 4.57. The van der Waals surface area contributed by atoms with Gasteiger partial charge in [0.15, 0.2) is 5.17 Å². The molecule has 2 nitrogen and oxygen atoms in total. The van der Waals surface area contributed by atoms with Crippen molar-refractivity contribution in [1.82, 2.24) is 0 Å². The average molecular weight is 296 g/mol. The summed E-state index contributed by atoms with van der Waals surface area (Å²) in [5, 5.41) is 4.56. The van der Waals surface area contributed by atoms with Crippen molar-refractivity contribution >= 4 is 22.6 Å². The summed E-state index contributed by atoms with van der Waals surface area (Å²) in [6.07, 6.45) is 2.06. The fourth-order valence-corrected chi connectivity index (χ4v) is 3.49. The molecular formula is C18H20N2S. The standard InChI is InChI=1S/C18H20N2S/c1-2-16-13-21-18(19-16)20-17-11-7-6-10-15(17)12-14-8-4-3-5-9-14/h3-11,16H,2,12-13H2,1H3,(H,19,20). The predicted molar refractivity (Wildman–Crippen MR) is 93.3 cm³/mol. The molecule has 0 aromatic heterocycles. The first-order valence-electron chi connectivity index (χ1n) is 7.44. The van der Waals surface area contributed by atoms with Crippen LogP contribution in [-0.2, 0) is 6.42 Å². The molecule has 1 aliphatic heterocycles. The van der Waals surface area contributed by atoms with E-state index in [4.69, 9.17) is 4.99 Å². The van der Waals surface area contributed by atoms with Crippen molar-refractivity contribution < 1.29 is 0 Å². The zero-order valence-corrected chi connectivity index (χ0v) is 13.1. The Morgan fingerprint density at radius 2 is 1.86 bits per heavy atom. The van der Waals surface area contributed by atoms with Gasteiger partial charge in [-0.05, 0) is 30.0 Å². The summed E-state index contributed by atoms with van der Waals surface area (Å²) >= 11 is 1.82. The molecule has 0 bridgehead atoms. The lowest BCUT2D eigenvalue weighted by Gasteiger charge is -2.11. The second kappa shape index (κ2) is 6.81. The monoisotopic (exact) mass is 296 g/mol. The van der Waals surface area contributed by atoms with Crippen LogP contribution in [0.1, 0.15) is 24.5 Å². The number of nitrogens with zero attached hydrogens (tertiary/aromatic N) is 1. The zero-order chi connectivity index (χ0) is 14.5. The van der Waals surface area contributed by atoms with E-state index in [1.165, 1.54) is 16.8 Å². The minimum Gasteiger partial charge on any atom is -0.335 e. The van der Waals surface area contributed by atoms with E-state index in [9.17, 15) is 0 Å². The lowest BCUT2D eigenvalue weighted by Crippen LogP contribution is -2.07. The molecular weight excluding hydrogens is 276 g/mol. The Balaban J connectivity index is 1.77. The highest BCUT2D eigenvalue weighted by Gasteiger charge is 2.17. The molecule has 0 amide bonds. The first-order valence-corrected chi connectivity index (χ1v) is 8.43. The third-order valence-corrected chi connectivity index (χ3v) is 4.71. The molecule has 21 heavy (non-hydrogen) atoms. The molecule has 1 heterocycles. The SMILES string of the molecule is CCC1CSC(Nc2ccccc2Cc2ccccc2)=N1. The molecule has 1 unspecified atom stereocenters. The van der Waals surface area contributed by atoms with E-state index < -0.39 is 0 Å². The molecule has 0 saturated carbocycles. The molecule has 0 radical (unpaired) electrons. The topological polar surface area (TPSA) is 24.4 Å². The Morgan fingerprint density at radius 1 is 1.10 bits per heavy atom. The summed E-state index contributed by atoms with van der Waals surface area (Å²) < 4.78 is 0. The lowest BCUT2D eigenvalue weighted by atomic mass is 10.0. The smallest absolute Gasteiger partial charge is 0.161 e. The lowest BCUT2D eigenvalue weighted by molar-refractivity contribution is 0.738. The first-order chi connectivity index (χ1) is 10.3. The number of rotatable bonds is 4. The third-order valence-electron chi connectivity index (χ3n) is 3.68. The molecule has 108 valence electrons. The molecule has 0 aliphatic carbocycles. The number of hydrogen-bond donors (Lipinski definition) is 1. The maximum Gasteiger partial charge on any atom is 0.161 e. The van der Waals surface area contributed by atoms with Crippen LogP contribution in [0.3, 0.4) is 0 Å². The van der Waals surface area contributed by atoms with Crippen molar-refractivity contribution in [1.29, 1.82) is 0 Å². The van der Waals surface area contributed by atoms with E-state index in [1.54, 1.807) is 0 Å². The van der Waals surface area contributed by atoms with Crippen LogP contribution in [0, 0.1) is 0 Å². The van der Waals surface area contributed by atoms with Crippen molar-refractivity contribution in [3.8, 4) is 0 Å². The number of nitrogens with one attached hydrogen (secondary N) is 1. The largest absolute Gasteiger partial charge is 0.335 e.